The minimum Gasteiger partial charge on any atom is -0.481 e. The molecule has 2 aromatic rings. The zero-order chi connectivity index (χ0) is 16.1. The molecule has 0 radical (unpaired) electrons. The van der Waals surface area contributed by atoms with E-state index in [2.05, 4.69) is 6.07 Å². The van der Waals surface area contributed by atoms with Crippen LogP contribution in [0.4, 0.5) is 10.1 Å². The molecule has 0 unspecified atom stereocenters. The van der Waals surface area contributed by atoms with E-state index >= 15 is 0 Å². The fraction of sp³-hybridized carbons (Fsp3) is 0.278. The third-order valence-electron chi connectivity index (χ3n) is 3.45. The maximum Gasteiger partial charge on any atom is 0.305 e. The second-order valence-electron chi connectivity index (χ2n) is 5.54. The highest BCUT2D eigenvalue weighted by Crippen LogP contribution is 2.21. The SMILES string of the molecule is Cc1cc(C)cc(N(CCC(=O)O)Cc2ccc(F)cc2)c1. The predicted octanol–water partition coefficient (Wildman–Crippen LogP) is 3.92. The first-order valence-electron chi connectivity index (χ1n) is 7.23. The molecule has 116 valence electrons. The van der Waals surface area contributed by atoms with Crippen molar-refractivity contribution in [3.63, 3.8) is 0 Å². The lowest BCUT2D eigenvalue weighted by Crippen LogP contribution is -2.25. The van der Waals surface area contributed by atoms with Gasteiger partial charge < -0.3 is 10.0 Å². The van der Waals surface area contributed by atoms with Crippen LogP contribution in [0.15, 0.2) is 42.5 Å². The molecule has 0 saturated carbocycles. The Morgan fingerprint density at radius 1 is 1.09 bits per heavy atom. The van der Waals surface area contributed by atoms with E-state index in [0.717, 1.165) is 22.4 Å². The number of nitrogens with zero attached hydrogens (tertiary/aromatic N) is 1. The molecule has 22 heavy (non-hydrogen) atoms. The van der Waals surface area contributed by atoms with Gasteiger partial charge in [0.2, 0.25) is 0 Å². The number of aryl methyl sites for hydroxylation is 2. The van der Waals surface area contributed by atoms with Crippen LogP contribution in [-0.2, 0) is 11.3 Å². The maximum absolute atomic E-state index is 13.0. The number of carboxylic acid groups (broad SMARTS) is 1. The molecule has 0 amide bonds. The number of carbonyl (C=O) groups is 1. The van der Waals surface area contributed by atoms with Crippen LogP contribution in [-0.4, -0.2) is 17.6 Å². The number of anilines is 1. The van der Waals surface area contributed by atoms with Crippen LogP contribution in [0.5, 0.6) is 0 Å². The first-order valence-corrected chi connectivity index (χ1v) is 7.23. The van der Waals surface area contributed by atoms with Gasteiger partial charge in [0.25, 0.3) is 0 Å². The molecular weight excluding hydrogens is 281 g/mol. The van der Waals surface area contributed by atoms with E-state index in [1.54, 1.807) is 12.1 Å². The topological polar surface area (TPSA) is 40.5 Å². The van der Waals surface area contributed by atoms with Crippen LogP contribution in [0.1, 0.15) is 23.1 Å². The van der Waals surface area contributed by atoms with Crippen LogP contribution < -0.4 is 4.90 Å². The third-order valence-corrected chi connectivity index (χ3v) is 3.45. The van der Waals surface area contributed by atoms with Gasteiger partial charge >= 0.3 is 5.97 Å². The van der Waals surface area contributed by atoms with Crippen molar-refractivity contribution in [3.05, 3.63) is 65.0 Å². The lowest BCUT2D eigenvalue weighted by atomic mass is 10.1. The van der Waals surface area contributed by atoms with Crippen LogP contribution in [0.2, 0.25) is 0 Å². The van der Waals surface area contributed by atoms with E-state index in [0.29, 0.717) is 13.1 Å². The van der Waals surface area contributed by atoms with E-state index in [1.807, 2.05) is 30.9 Å². The fourth-order valence-electron chi connectivity index (χ4n) is 2.47. The van der Waals surface area contributed by atoms with Crippen LogP contribution in [0, 0.1) is 19.7 Å². The van der Waals surface area contributed by atoms with E-state index in [1.165, 1.54) is 12.1 Å². The van der Waals surface area contributed by atoms with Crippen molar-refractivity contribution in [1.82, 2.24) is 0 Å². The molecule has 0 bridgehead atoms. The molecule has 0 atom stereocenters. The highest BCUT2D eigenvalue weighted by Gasteiger charge is 2.11. The molecule has 2 rings (SSSR count). The molecule has 4 heteroatoms. The number of hydrogen-bond donors (Lipinski definition) is 1. The fourth-order valence-corrected chi connectivity index (χ4v) is 2.47. The average molecular weight is 301 g/mol. The van der Waals surface area contributed by atoms with Gasteiger partial charge in [-0.25, -0.2) is 4.39 Å². The minimum absolute atomic E-state index is 0.0637. The smallest absolute Gasteiger partial charge is 0.305 e. The second-order valence-corrected chi connectivity index (χ2v) is 5.54. The van der Waals surface area contributed by atoms with Crippen molar-refractivity contribution in [2.75, 3.05) is 11.4 Å². The molecule has 1 N–H and O–H groups in total. The van der Waals surface area contributed by atoms with E-state index in [-0.39, 0.29) is 12.2 Å². The van der Waals surface area contributed by atoms with Crippen molar-refractivity contribution in [1.29, 1.82) is 0 Å². The van der Waals surface area contributed by atoms with Gasteiger partial charge in [0.15, 0.2) is 0 Å². The Bertz CT molecular complexity index is 632. The largest absolute Gasteiger partial charge is 0.481 e. The molecule has 2 aromatic carbocycles. The molecule has 0 aliphatic rings. The second kappa shape index (κ2) is 7.07. The van der Waals surface area contributed by atoms with Crippen molar-refractivity contribution in [3.8, 4) is 0 Å². The number of halogens is 1. The summed E-state index contributed by atoms with van der Waals surface area (Å²) in [5.41, 5.74) is 4.21. The van der Waals surface area contributed by atoms with Gasteiger partial charge in [0.05, 0.1) is 6.42 Å². The summed E-state index contributed by atoms with van der Waals surface area (Å²) >= 11 is 0. The third kappa shape index (κ3) is 4.58. The Morgan fingerprint density at radius 2 is 1.68 bits per heavy atom. The van der Waals surface area contributed by atoms with Crippen molar-refractivity contribution in [2.24, 2.45) is 0 Å². The summed E-state index contributed by atoms with van der Waals surface area (Å²) in [5, 5.41) is 8.94. The van der Waals surface area contributed by atoms with Crippen molar-refractivity contribution < 1.29 is 14.3 Å². The Morgan fingerprint density at radius 3 is 2.23 bits per heavy atom. The van der Waals surface area contributed by atoms with E-state index < -0.39 is 5.97 Å². The quantitative estimate of drug-likeness (QED) is 0.879. The van der Waals surface area contributed by atoms with Gasteiger partial charge in [-0.3, -0.25) is 4.79 Å². The summed E-state index contributed by atoms with van der Waals surface area (Å²) in [7, 11) is 0. The zero-order valence-electron chi connectivity index (χ0n) is 12.8. The molecule has 0 heterocycles. The molecular formula is C18H20FNO2. The summed E-state index contributed by atoms with van der Waals surface area (Å²) in [6.07, 6.45) is 0.0637. The average Bonchev–Trinajstić information content (AvgIpc) is 2.44. The molecule has 0 fully saturated rings. The van der Waals surface area contributed by atoms with Crippen LogP contribution in [0.3, 0.4) is 0 Å². The predicted molar refractivity (Wildman–Crippen MR) is 85.6 cm³/mol. The standard InChI is InChI=1S/C18H20FNO2/c1-13-9-14(2)11-17(10-13)20(8-7-18(21)22)12-15-3-5-16(19)6-4-15/h3-6,9-11H,7-8,12H2,1-2H3,(H,21,22). The molecule has 0 spiro atoms. The Labute approximate surface area is 130 Å². The summed E-state index contributed by atoms with van der Waals surface area (Å²) in [6, 6.07) is 12.5. The number of aliphatic carboxylic acids is 1. The minimum atomic E-state index is -0.825. The summed E-state index contributed by atoms with van der Waals surface area (Å²) in [4.78, 5) is 12.9. The summed E-state index contributed by atoms with van der Waals surface area (Å²) in [6.45, 7) is 5.00. The van der Waals surface area contributed by atoms with Crippen LogP contribution in [0.25, 0.3) is 0 Å². The van der Waals surface area contributed by atoms with E-state index in [4.69, 9.17) is 5.11 Å². The van der Waals surface area contributed by atoms with Crippen molar-refractivity contribution in [2.45, 2.75) is 26.8 Å². The van der Waals surface area contributed by atoms with Crippen molar-refractivity contribution >= 4 is 11.7 Å². The van der Waals surface area contributed by atoms with Gasteiger partial charge in [0.1, 0.15) is 5.82 Å². The first-order chi connectivity index (χ1) is 10.4. The molecule has 0 aromatic heterocycles. The van der Waals surface area contributed by atoms with Gasteiger partial charge in [-0.05, 0) is 54.8 Å². The highest BCUT2D eigenvalue weighted by molar-refractivity contribution is 5.67. The molecule has 0 saturated heterocycles. The lowest BCUT2D eigenvalue weighted by molar-refractivity contribution is -0.136. The Balaban J connectivity index is 2.24. The Hall–Kier alpha value is -2.36. The number of benzene rings is 2. The maximum atomic E-state index is 13.0. The highest BCUT2D eigenvalue weighted by atomic mass is 19.1. The van der Waals surface area contributed by atoms with Gasteiger partial charge in [0, 0.05) is 18.8 Å². The van der Waals surface area contributed by atoms with Gasteiger partial charge in [-0.15, -0.1) is 0 Å². The summed E-state index contributed by atoms with van der Waals surface area (Å²) in [5.74, 6) is -1.10. The number of carboxylic acids is 1. The zero-order valence-corrected chi connectivity index (χ0v) is 12.8. The molecule has 3 nitrogen and oxygen atoms in total. The number of hydrogen-bond acceptors (Lipinski definition) is 2. The van der Waals surface area contributed by atoms with Crippen LogP contribution >= 0.6 is 0 Å². The number of rotatable bonds is 6. The lowest BCUT2D eigenvalue weighted by Gasteiger charge is -2.25. The molecule has 0 aliphatic heterocycles. The van der Waals surface area contributed by atoms with Gasteiger partial charge in [-0.2, -0.15) is 0 Å². The monoisotopic (exact) mass is 301 g/mol. The van der Waals surface area contributed by atoms with E-state index in [9.17, 15) is 9.18 Å². The summed E-state index contributed by atoms with van der Waals surface area (Å²) < 4.78 is 13.0. The normalized spacial score (nSPS) is 10.5. The molecule has 0 aliphatic carbocycles. The van der Waals surface area contributed by atoms with Gasteiger partial charge in [-0.1, -0.05) is 18.2 Å². The Kier molecular flexibility index (Phi) is 5.15. The first kappa shape index (κ1) is 16.0.